The first-order valence-corrected chi connectivity index (χ1v) is 13.7. The number of allylic oxidation sites excluding steroid dienone is 1. The summed E-state index contributed by atoms with van der Waals surface area (Å²) >= 11 is 18.7. The molecule has 1 fully saturated rings. The third-order valence-corrected chi connectivity index (χ3v) is 7.58. The lowest BCUT2D eigenvalue weighted by atomic mass is 10.0. The third kappa shape index (κ3) is 6.83. The van der Waals surface area contributed by atoms with Crippen molar-refractivity contribution in [3.63, 3.8) is 0 Å². The van der Waals surface area contributed by atoms with Crippen molar-refractivity contribution in [1.82, 2.24) is 10.4 Å². The molecule has 1 heterocycles. The number of nitrogens with one attached hydrogen (secondary N) is 1. The summed E-state index contributed by atoms with van der Waals surface area (Å²) in [5.74, 6) is 0.107. The Kier molecular flexibility index (Phi) is 9.35. The van der Waals surface area contributed by atoms with Crippen molar-refractivity contribution in [2.45, 2.75) is 20.0 Å². The van der Waals surface area contributed by atoms with E-state index in [1.54, 1.807) is 55.7 Å². The number of ether oxygens (including phenoxy) is 2. The van der Waals surface area contributed by atoms with E-state index in [1.807, 2.05) is 25.1 Å². The lowest BCUT2D eigenvalue weighted by Gasteiger charge is -2.17. The van der Waals surface area contributed by atoms with Gasteiger partial charge in [-0.05, 0) is 84.7 Å². The van der Waals surface area contributed by atoms with Crippen molar-refractivity contribution in [2.24, 2.45) is 0 Å². The zero-order valence-corrected chi connectivity index (χ0v) is 24.3. The van der Waals surface area contributed by atoms with Crippen molar-refractivity contribution in [3.8, 4) is 11.5 Å². The Morgan fingerprint density at radius 2 is 1.90 bits per heavy atom. The fourth-order valence-corrected chi connectivity index (χ4v) is 5.43. The molecule has 1 N–H and O–H groups in total. The van der Waals surface area contributed by atoms with Gasteiger partial charge < -0.3 is 9.47 Å². The van der Waals surface area contributed by atoms with Crippen LogP contribution < -0.4 is 14.9 Å². The molecule has 0 spiro atoms. The van der Waals surface area contributed by atoms with Crippen molar-refractivity contribution < 1.29 is 19.1 Å². The molecular formula is C29H24Cl2N2O4S2. The predicted molar refractivity (Wildman–Crippen MR) is 161 cm³/mol. The van der Waals surface area contributed by atoms with Crippen LogP contribution in [0.4, 0.5) is 0 Å². The molecule has 10 heteroatoms. The van der Waals surface area contributed by atoms with Crippen LogP contribution in [0.25, 0.3) is 6.08 Å². The van der Waals surface area contributed by atoms with Gasteiger partial charge in [0.15, 0.2) is 15.8 Å². The number of aryl methyl sites for hydroxylation is 1. The lowest BCUT2D eigenvalue weighted by Crippen LogP contribution is -2.44. The molecule has 0 saturated carbocycles. The largest absolute Gasteiger partial charge is 0.493 e. The summed E-state index contributed by atoms with van der Waals surface area (Å²) in [6.45, 7) is 6.04. The molecule has 0 aromatic heterocycles. The maximum absolute atomic E-state index is 13.2. The van der Waals surface area contributed by atoms with E-state index in [2.05, 4.69) is 12.0 Å². The fraction of sp³-hybridized carbons (Fsp3) is 0.138. The third-order valence-electron chi connectivity index (χ3n) is 5.71. The predicted octanol–water partition coefficient (Wildman–Crippen LogP) is 7.16. The van der Waals surface area contributed by atoms with Gasteiger partial charge in [0.25, 0.3) is 11.8 Å². The quantitative estimate of drug-likeness (QED) is 0.160. The Balaban J connectivity index is 1.57. The Bertz CT molecular complexity index is 1490. The van der Waals surface area contributed by atoms with E-state index < -0.39 is 11.8 Å². The molecule has 0 radical (unpaired) electrons. The first-order valence-electron chi connectivity index (χ1n) is 11.7. The maximum atomic E-state index is 13.2. The van der Waals surface area contributed by atoms with Gasteiger partial charge in [-0.2, -0.15) is 5.01 Å². The smallest absolute Gasteiger partial charge is 0.285 e. The minimum absolute atomic E-state index is 0.198. The number of carbonyl (C=O) groups excluding carboxylic acids is 2. The molecule has 0 aliphatic carbocycles. The van der Waals surface area contributed by atoms with Crippen LogP contribution in [0.2, 0.25) is 10.0 Å². The number of thioether (sulfide) groups is 1. The summed E-state index contributed by atoms with van der Waals surface area (Å²) in [6, 6.07) is 16.1. The average Bonchev–Trinajstić information content (AvgIpc) is 3.16. The summed E-state index contributed by atoms with van der Waals surface area (Å²) < 4.78 is 12.0. The number of methoxy groups -OCH3 is 1. The number of rotatable bonds is 9. The molecule has 6 nitrogen and oxygen atoms in total. The van der Waals surface area contributed by atoms with Gasteiger partial charge in [0, 0.05) is 10.6 Å². The van der Waals surface area contributed by atoms with Crippen LogP contribution in [-0.4, -0.2) is 28.3 Å². The van der Waals surface area contributed by atoms with Crippen LogP contribution in [0, 0.1) is 6.92 Å². The highest BCUT2D eigenvalue weighted by atomic mass is 35.5. The number of amides is 2. The van der Waals surface area contributed by atoms with Crippen molar-refractivity contribution in [3.05, 3.63) is 110 Å². The topological polar surface area (TPSA) is 67.9 Å². The summed E-state index contributed by atoms with van der Waals surface area (Å²) in [7, 11) is 1.55. The molecule has 3 aromatic carbocycles. The molecule has 1 saturated heterocycles. The number of hydrazine groups is 1. The molecule has 39 heavy (non-hydrogen) atoms. The highest BCUT2D eigenvalue weighted by Gasteiger charge is 2.34. The van der Waals surface area contributed by atoms with E-state index in [1.165, 1.54) is 0 Å². The van der Waals surface area contributed by atoms with Crippen LogP contribution in [-0.2, 0) is 17.8 Å². The number of carbonyl (C=O) groups is 2. The zero-order chi connectivity index (χ0) is 28.1. The van der Waals surface area contributed by atoms with Gasteiger partial charge >= 0.3 is 0 Å². The first kappa shape index (κ1) is 28.7. The number of halogens is 2. The molecule has 0 unspecified atom stereocenters. The van der Waals surface area contributed by atoms with Crippen molar-refractivity contribution in [1.29, 1.82) is 0 Å². The van der Waals surface area contributed by atoms with Gasteiger partial charge in [0.1, 0.15) is 6.61 Å². The minimum Gasteiger partial charge on any atom is -0.493 e. The Hall–Kier alpha value is -3.30. The minimum atomic E-state index is -0.533. The molecule has 200 valence electrons. The second kappa shape index (κ2) is 12.7. The maximum Gasteiger partial charge on any atom is 0.285 e. The van der Waals surface area contributed by atoms with E-state index in [0.29, 0.717) is 40.0 Å². The molecule has 1 aliphatic heterocycles. The highest BCUT2D eigenvalue weighted by molar-refractivity contribution is 8.26. The second-order valence-electron chi connectivity index (χ2n) is 8.56. The SMILES string of the molecule is C=CCc1cc(/C=C2\SC(=S)N(NC(=O)c3ccc(C)cc3Cl)C2=O)cc(OC)c1OCc1ccc(Cl)cc1. The van der Waals surface area contributed by atoms with Crippen LogP contribution in [0.5, 0.6) is 11.5 Å². The van der Waals surface area contributed by atoms with Gasteiger partial charge in [-0.25, -0.2) is 0 Å². The molecule has 2 amide bonds. The summed E-state index contributed by atoms with van der Waals surface area (Å²) in [4.78, 5) is 26.3. The Labute approximate surface area is 246 Å². The standard InChI is InChI=1S/C29H24Cl2N2O4S2/c1-4-5-20-13-19(14-24(36-3)26(20)37-16-18-7-9-21(30)10-8-18)15-25-28(35)33(29(38)39-25)32-27(34)22-11-6-17(2)12-23(22)31/h4,6-15H,1,5,16H2,2-3H3,(H,32,34)/b25-15-. The fourth-order valence-electron chi connectivity index (χ4n) is 3.81. The summed E-state index contributed by atoms with van der Waals surface area (Å²) in [5.41, 5.74) is 6.21. The number of hydrogen-bond acceptors (Lipinski definition) is 6. The molecular weight excluding hydrogens is 575 g/mol. The number of benzene rings is 3. The van der Waals surface area contributed by atoms with Gasteiger partial charge in [-0.15, -0.1) is 6.58 Å². The lowest BCUT2D eigenvalue weighted by molar-refractivity contribution is -0.123. The van der Waals surface area contributed by atoms with Gasteiger partial charge in [0.2, 0.25) is 0 Å². The Morgan fingerprint density at radius 1 is 1.15 bits per heavy atom. The van der Waals surface area contributed by atoms with Crippen LogP contribution in [0.1, 0.15) is 32.6 Å². The average molecular weight is 600 g/mol. The summed E-state index contributed by atoms with van der Waals surface area (Å²) in [6.07, 6.45) is 3.98. The molecule has 1 aliphatic rings. The van der Waals surface area contributed by atoms with Crippen molar-refractivity contribution >= 4 is 69.4 Å². The number of hydrogen-bond donors (Lipinski definition) is 1. The first-order chi connectivity index (χ1) is 18.7. The van der Waals surface area contributed by atoms with E-state index in [0.717, 1.165) is 33.5 Å². The normalized spacial score (nSPS) is 14.1. The monoisotopic (exact) mass is 598 g/mol. The van der Waals surface area contributed by atoms with Crippen molar-refractivity contribution in [2.75, 3.05) is 7.11 Å². The van der Waals surface area contributed by atoms with Gasteiger partial charge in [0.05, 0.1) is 22.6 Å². The van der Waals surface area contributed by atoms with Gasteiger partial charge in [-0.1, -0.05) is 59.2 Å². The second-order valence-corrected chi connectivity index (χ2v) is 11.1. The zero-order valence-electron chi connectivity index (χ0n) is 21.1. The van der Waals surface area contributed by atoms with Crippen LogP contribution in [0.3, 0.4) is 0 Å². The van der Waals surface area contributed by atoms with E-state index in [-0.39, 0.29) is 14.9 Å². The number of thiocarbonyl (C=S) groups is 1. The highest BCUT2D eigenvalue weighted by Crippen LogP contribution is 2.37. The van der Waals surface area contributed by atoms with Gasteiger partial charge in [-0.3, -0.25) is 15.0 Å². The summed E-state index contributed by atoms with van der Waals surface area (Å²) in [5, 5.41) is 1.99. The van der Waals surface area contributed by atoms with Crippen LogP contribution in [0.15, 0.2) is 72.2 Å². The van der Waals surface area contributed by atoms with E-state index in [9.17, 15) is 9.59 Å². The molecule has 4 rings (SSSR count). The molecule has 0 atom stereocenters. The Morgan fingerprint density at radius 3 is 2.56 bits per heavy atom. The van der Waals surface area contributed by atoms with E-state index >= 15 is 0 Å². The molecule has 0 bridgehead atoms. The molecule has 3 aromatic rings. The van der Waals surface area contributed by atoms with E-state index in [4.69, 9.17) is 44.9 Å². The number of nitrogens with zero attached hydrogens (tertiary/aromatic N) is 1. The van der Waals surface area contributed by atoms with Crippen LogP contribution >= 0.6 is 47.2 Å².